The Kier molecular flexibility index (Phi) is 6.92. The topological polar surface area (TPSA) is 65.4 Å². The fourth-order valence-electron chi connectivity index (χ4n) is 3.46. The molecule has 3 aromatic carbocycles. The molecule has 7 heteroatoms. The van der Waals surface area contributed by atoms with Crippen LogP contribution in [0.3, 0.4) is 0 Å². The molecule has 0 unspecified atom stereocenters. The van der Waals surface area contributed by atoms with Crippen molar-refractivity contribution >= 4 is 28.5 Å². The molecule has 164 valence electrons. The molecule has 0 saturated heterocycles. The van der Waals surface area contributed by atoms with Crippen LogP contribution < -0.4 is 14.8 Å². The maximum Gasteiger partial charge on any atom is 0.251 e. The number of halogens is 1. The number of aromatic nitrogens is 2. The van der Waals surface area contributed by atoms with Crippen molar-refractivity contribution in [3.05, 3.63) is 89.2 Å². The van der Waals surface area contributed by atoms with E-state index in [1.807, 2.05) is 55.5 Å². The highest BCUT2D eigenvalue weighted by Gasteiger charge is 2.13. The van der Waals surface area contributed by atoms with E-state index in [0.29, 0.717) is 42.6 Å². The lowest BCUT2D eigenvalue weighted by Crippen LogP contribution is -2.25. The van der Waals surface area contributed by atoms with E-state index in [1.54, 1.807) is 24.3 Å². The minimum atomic E-state index is -0.179. The zero-order valence-corrected chi connectivity index (χ0v) is 18.5. The van der Waals surface area contributed by atoms with Gasteiger partial charge in [0.05, 0.1) is 30.7 Å². The molecule has 0 fully saturated rings. The van der Waals surface area contributed by atoms with E-state index >= 15 is 0 Å². The molecule has 0 saturated carbocycles. The van der Waals surface area contributed by atoms with Crippen molar-refractivity contribution in [2.75, 3.05) is 13.2 Å². The number of para-hydroxylation sites is 4. The van der Waals surface area contributed by atoms with Gasteiger partial charge in [-0.15, -0.1) is 0 Å². The molecule has 32 heavy (non-hydrogen) atoms. The molecule has 1 N–H and O–H groups in total. The molecule has 4 aromatic rings. The summed E-state index contributed by atoms with van der Waals surface area (Å²) in [6, 6.07) is 22.3. The predicted octanol–water partition coefficient (Wildman–Crippen LogP) is 5.10. The van der Waals surface area contributed by atoms with Crippen molar-refractivity contribution in [1.82, 2.24) is 14.9 Å². The van der Waals surface area contributed by atoms with Gasteiger partial charge in [-0.1, -0.05) is 35.9 Å². The van der Waals surface area contributed by atoms with Crippen LogP contribution in [0, 0.1) is 0 Å². The van der Waals surface area contributed by atoms with Crippen LogP contribution in [0.2, 0.25) is 5.02 Å². The number of rotatable bonds is 9. The molecule has 1 heterocycles. The molecule has 0 radical (unpaired) electrons. The first-order chi connectivity index (χ1) is 15.7. The Morgan fingerprint density at radius 1 is 0.969 bits per heavy atom. The Morgan fingerprint density at radius 2 is 1.66 bits per heavy atom. The van der Waals surface area contributed by atoms with Gasteiger partial charge in [-0.2, -0.15) is 0 Å². The maximum atomic E-state index is 12.5. The molecule has 0 aliphatic carbocycles. The van der Waals surface area contributed by atoms with Crippen LogP contribution in [0.5, 0.6) is 11.5 Å². The van der Waals surface area contributed by atoms with Gasteiger partial charge in [0.15, 0.2) is 11.5 Å². The summed E-state index contributed by atoms with van der Waals surface area (Å²) in [6.45, 7) is 3.82. The summed E-state index contributed by atoms with van der Waals surface area (Å²) in [5, 5.41) is 3.54. The molecular formula is C25H24ClN3O3. The van der Waals surface area contributed by atoms with E-state index < -0.39 is 0 Å². The fraction of sp³-hybridized carbons (Fsp3) is 0.200. The number of benzene rings is 3. The zero-order chi connectivity index (χ0) is 22.3. The smallest absolute Gasteiger partial charge is 0.251 e. The van der Waals surface area contributed by atoms with Crippen LogP contribution in [0.1, 0.15) is 23.1 Å². The lowest BCUT2D eigenvalue weighted by Gasteiger charge is -2.14. The molecule has 0 aliphatic heterocycles. The van der Waals surface area contributed by atoms with Crippen LogP contribution in [-0.2, 0) is 13.1 Å². The van der Waals surface area contributed by atoms with Gasteiger partial charge in [0, 0.05) is 10.6 Å². The lowest BCUT2D eigenvalue weighted by molar-refractivity contribution is 0.0949. The van der Waals surface area contributed by atoms with Crippen LogP contribution in [0.25, 0.3) is 11.0 Å². The van der Waals surface area contributed by atoms with Crippen LogP contribution in [0.15, 0.2) is 72.8 Å². The summed E-state index contributed by atoms with van der Waals surface area (Å²) in [5.74, 6) is 2.01. The Morgan fingerprint density at radius 3 is 2.41 bits per heavy atom. The minimum absolute atomic E-state index is 0.179. The Labute approximate surface area is 191 Å². The third kappa shape index (κ3) is 5.03. The van der Waals surface area contributed by atoms with E-state index in [9.17, 15) is 4.79 Å². The van der Waals surface area contributed by atoms with Crippen LogP contribution in [0.4, 0.5) is 0 Å². The van der Waals surface area contributed by atoms with Crippen molar-refractivity contribution in [1.29, 1.82) is 0 Å². The Balaban J connectivity index is 1.48. The second-order valence-electron chi connectivity index (χ2n) is 7.09. The van der Waals surface area contributed by atoms with Crippen molar-refractivity contribution in [3.63, 3.8) is 0 Å². The Bertz CT molecular complexity index is 1200. The number of imidazole rings is 1. The molecule has 6 nitrogen and oxygen atoms in total. The highest BCUT2D eigenvalue weighted by Crippen LogP contribution is 2.26. The molecular weight excluding hydrogens is 426 g/mol. The largest absolute Gasteiger partial charge is 0.490 e. The van der Waals surface area contributed by atoms with Crippen molar-refractivity contribution in [2.45, 2.75) is 20.0 Å². The molecule has 0 atom stereocenters. The molecule has 4 rings (SSSR count). The number of carbonyl (C=O) groups excluding carboxylic acids is 1. The highest BCUT2D eigenvalue weighted by molar-refractivity contribution is 6.30. The van der Waals surface area contributed by atoms with Gasteiger partial charge >= 0.3 is 0 Å². The number of nitrogens with one attached hydrogen (secondary N) is 1. The van der Waals surface area contributed by atoms with E-state index in [-0.39, 0.29) is 5.91 Å². The van der Waals surface area contributed by atoms with E-state index in [1.165, 1.54) is 0 Å². The number of amides is 1. The number of carbonyl (C=O) groups is 1. The minimum Gasteiger partial charge on any atom is -0.490 e. The zero-order valence-electron chi connectivity index (χ0n) is 17.8. The van der Waals surface area contributed by atoms with Gasteiger partial charge in [0.25, 0.3) is 5.91 Å². The number of nitrogens with zero attached hydrogens (tertiary/aromatic N) is 2. The highest BCUT2D eigenvalue weighted by atomic mass is 35.5. The third-order valence-electron chi connectivity index (χ3n) is 4.97. The standard InChI is InChI=1S/C25H24ClN3O3/c1-2-31-22-9-5-6-10-23(22)32-16-15-29-21-8-4-3-7-20(21)28-24(29)17-27-25(30)18-11-13-19(26)14-12-18/h3-14H,2,15-17H2,1H3,(H,27,30). The average Bonchev–Trinajstić information content (AvgIpc) is 3.17. The third-order valence-corrected chi connectivity index (χ3v) is 5.22. The molecule has 0 bridgehead atoms. The molecule has 1 amide bonds. The number of hydrogen-bond donors (Lipinski definition) is 1. The normalized spacial score (nSPS) is 10.8. The van der Waals surface area contributed by atoms with Gasteiger partial charge in [-0.05, 0) is 55.5 Å². The van der Waals surface area contributed by atoms with Crippen molar-refractivity contribution < 1.29 is 14.3 Å². The van der Waals surface area contributed by atoms with Crippen molar-refractivity contribution in [3.8, 4) is 11.5 Å². The first kappa shape index (κ1) is 21.7. The summed E-state index contributed by atoms with van der Waals surface area (Å²) in [7, 11) is 0. The number of fused-ring (bicyclic) bond motifs is 1. The predicted molar refractivity (Wildman–Crippen MR) is 125 cm³/mol. The van der Waals surface area contributed by atoms with Gasteiger partial charge in [-0.3, -0.25) is 4.79 Å². The van der Waals surface area contributed by atoms with Crippen LogP contribution in [-0.4, -0.2) is 28.7 Å². The lowest BCUT2D eigenvalue weighted by atomic mass is 10.2. The van der Waals surface area contributed by atoms with E-state index in [2.05, 4.69) is 9.88 Å². The van der Waals surface area contributed by atoms with Gasteiger partial charge in [0.2, 0.25) is 0 Å². The maximum absolute atomic E-state index is 12.5. The van der Waals surface area contributed by atoms with Gasteiger partial charge < -0.3 is 19.4 Å². The first-order valence-electron chi connectivity index (χ1n) is 10.5. The SMILES string of the molecule is CCOc1ccccc1OCCn1c(CNC(=O)c2ccc(Cl)cc2)nc2ccccc21. The van der Waals surface area contributed by atoms with E-state index in [0.717, 1.165) is 22.6 Å². The number of hydrogen-bond acceptors (Lipinski definition) is 4. The second kappa shape index (κ2) is 10.2. The summed E-state index contributed by atoms with van der Waals surface area (Å²) in [5.41, 5.74) is 2.41. The summed E-state index contributed by atoms with van der Waals surface area (Å²) < 4.78 is 13.7. The second-order valence-corrected chi connectivity index (χ2v) is 7.52. The average molecular weight is 450 g/mol. The molecule has 1 aromatic heterocycles. The van der Waals surface area contributed by atoms with Gasteiger partial charge in [0.1, 0.15) is 12.4 Å². The van der Waals surface area contributed by atoms with Gasteiger partial charge in [-0.25, -0.2) is 4.98 Å². The Hall–Kier alpha value is -3.51. The quantitative estimate of drug-likeness (QED) is 0.386. The van der Waals surface area contributed by atoms with Crippen molar-refractivity contribution in [2.24, 2.45) is 0 Å². The summed E-state index contributed by atoms with van der Waals surface area (Å²) in [4.78, 5) is 17.2. The monoisotopic (exact) mass is 449 g/mol. The van der Waals surface area contributed by atoms with E-state index in [4.69, 9.17) is 26.1 Å². The van der Waals surface area contributed by atoms with Crippen LogP contribution >= 0.6 is 11.6 Å². The number of ether oxygens (including phenoxy) is 2. The molecule has 0 spiro atoms. The summed E-state index contributed by atoms with van der Waals surface area (Å²) in [6.07, 6.45) is 0. The molecule has 0 aliphatic rings. The summed E-state index contributed by atoms with van der Waals surface area (Å²) >= 11 is 5.91. The fourth-order valence-corrected chi connectivity index (χ4v) is 3.59. The first-order valence-corrected chi connectivity index (χ1v) is 10.9.